The van der Waals surface area contributed by atoms with E-state index >= 15 is 0 Å². The van der Waals surface area contributed by atoms with Gasteiger partial charge in [-0.3, -0.25) is 0 Å². The second-order valence-corrected chi connectivity index (χ2v) is 13.1. The molecule has 10 rings (SSSR count). The van der Waals surface area contributed by atoms with E-state index in [-0.39, 0.29) is 10.8 Å². The Morgan fingerprint density at radius 3 is 1.63 bits per heavy atom. The Hall–Kier alpha value is -4.98. The Kier molecular flexibility index (Phi) is 4.56. The van der Waals surface area contributed by atoms with E-state index in [0.29, 0.717) is 0 Å². The van der Waals surface area contributed by atoms with Crippen LogP contribution in [0.25, 0.3) is 33.9 Å². The summed E-state index contributed by atoms with van der Waals surface area (Å²) < 4.78 is 1.40. The van der Waals surface area contributed by atoms with Gasteiger partial charge in [0.05, 0.1) is 10.8 Å². The molecule has 0 saturated heterocycles. The molecule has 43 heavy (non-hydrogen) atoms. The zero-order chi connectivity index (χ0) is 28.2. The third-order valence-electron chi connectivity index (χ3n) is 10.1. The van der Waals surface area contributed by atoms with Crippen LogP contribution < -0.4 is 9.75 Å². The van der Waals surface area contributed by atoms with Crippen LogP contribution in [0.3, 0.4) is 0 Å². The van der Waals surface area contributed by atoms with Gasteiger partial charge in [-0.1, -0.05) is 146 Å². The first kappa shape index (κ1) is 23.6. The molecule has 0 unspecified atom stereocenters. The van der Waals surface area contributed by atoms with Crippen LogP contribution in [-0.4, -0.2) is 0 Å². The standard InChI is InChI=1S/C42H26S/c1-2-14-29(15-3-1)42(36-22-10-6-18-32(36)33-19-7-11-23-37(33)42)38-26-28-25-27-13-12-24-41(39(27)40(28)43-38)34-20-8-4-16-30(34)31-17-5-9-21-35(31)41/h1-26H. The summed E-state index contributed by atoms with van der Waals surface area (Å²) in [6.45, 7) is 0. The first-order valence-corrected chi connectivity index (χ1v) is 15.8. The van der Waals surface area contributed by atoms with Crippen LogP contribution in [-0.2, 0) is 10.8 Å². The van der Waals surface area contributed by atoms with Gasteiger partial charge in [0.1, 0.15) is 0 Å². The molecule has 1 aromatic heterocycles. The summed E-state index contributed by atoms with van der Waals surface area (Å²) in [7, 11) is 0. The fourth-order valence-electron chi connectivity index (χ4n) is 8.54. The van der Waals surface area contributed by atoms with Gasteiger partial charge < -0.3 is 0 Å². The minimum atomic E-state index is -0.370. The van der Waals surface area contributed by atoms with Crippen LogP contribution in [0.1, 0.15) is 32.7 Å². The summed E-state index contributed by atoms with van der Waals surface area (Å²) in [6, 6.07) is 49.8. The maximum absolute atomic E-state index is 2.50. The van der Waals surface area contributed by atoms with Crippen molar-refractivity contribution < 1.29 is 0 Å². The molecule has 0 bridgehead atoms. The van der Waals surface area contributed by atoms with Crippen molar-refractivity contribution in [1.29, 1.82) is 0 Å². The van der Waals surface area contributed by atoms with Crippen molar-refractivity contribution in [3.8, 4) is 22.3 Å². The van der Waals surface area contributed by atoms with E-state index in [1.807, 2.05) is 11.3 Å². The predicted octanol–water partition coefficient (Wildman–Crippen LogP) is 8.52. The number of hydrogen-bond donors (Lipinski definition) is 0. The number of benzene rings is 5. The molecule has 0 N–H and O–H groups in total. The van der Waals surface area contributed by atoms with E-state index in [1.54, 1.807) is 0 Å². The maximum Gasteiger partial charge on any atom is 0.0807 e. The Labute approximate surface area is 254 Å². The molecule has 0 aliphatic heterocycles. The average Bonchev–Trinajstić information content (AvgIpc) is 3.79. The van der Waals surface area contributed by atoms with Gasteiger partial charge in [-0.15, -0.1) is 11.3 Å². The Bertz CT molecular complexity index is 2250. The van der Waals surface area contributed by atoms with Gasteiger partial charge in [0, 0.05) is 9.41 Å². The lowest BCUT2D eigenvalue weighted by molar-refractivity contribution is 0.787. The van der Waals surface area contributed by atoms with Crippen LogP contribution in [0, 0.1) is 0 Å². The molecule has 200 valence electrons. The molecule has 0 radical (unpaired) electrons. The molecule has 1 heteroatoms. The van der Waals surface area contributed by atoms with Crippen LogP contribution in [0.4, 0.5) is 0 Å². The summed E-state index contributed by atoms with van der Waals surface area (Å²) in [4.78, 5) is 1.38. The topological polar surface area (TPSA) is 0 Å². The summed E-state index contributed by atoms with van der Waals surface area (Å²) in [6.07, 6.45) is 9.47. The highest BCUT2D eigenvalue weighted by molar-refractivity contribution is 7.10. The molecular weight excluding hydrogens is 537 g/mol. The third kappa shape index (κ3) is 2.77. The second-order valence-electron chi connectivity index (χ2n) is 12.0. The summed E-state index contributed by atoms with van der Waals surface area (Å²) in [5.74, 6) is 0. The average molecular weight is 563 g/mol. The van der Waals surface area contributed by atoms with Gasteiger partial charge >= 0.3 is 0 Å². The summed E-state index contributed by atoms with van der Waals surface area (Å²) in [5, 5.41) is 1.34. The smallest absolute Gasteiger partial charge is 0.0807 e. The second kappa shape index (κ2) is 8.31. The fourth-order valence-corrected chi connectivity index (χ4v) is 10.1. The number of allylic oxidation sites excluding steroid dienone is 4. The highest BCUT2D eigenvalue weighted by Crippen LogP contribution is 2.59. The molecular formula is C42H26S. The Morgan fingerprint density at radius 1 is 0.512 bits per heavy atom. The third-order valence-corrected chi connectivity index (χ3v) is 11.4. The Balaban J connectivity index is 1.33. The first-order chi connectivity index (χ1) is 21.3. The summed E-state index contributed by atoms with van der Waals surface area (Å²) in [5.41, 5.74) is 14.3. The zero-order valence-electron chi connectivity index (χ0n) is 23.4. The van der Waals surface area contributed by atoms with Crippen LogP contribution in [0.2, 0.25) is 0 Å². The van der Waals surface area contributed by atoms with E-state index in [0.717, 1.165) is 0 Å². The molecule has 0 fully saturated rings. The van der Waals surface area contributed by atoms with Crippen molar-refractivity contribution in [3.63, 3.8) is 0 Å². The van der Waals surface area contributed by atoms with Crippen molar-refractivity contribution in [3.05, 3.63) is 200 Å². The monoisotopic (exact) mass is 562 g/mol. The van der Waals surface area contributed by atoms with Gasteiger partial charge in [0.2, 0.25) is 0 Å². The largest absolute Gasteiger partial charge is 0.138 e. The van der Waals surface area contributed by atoms with Gasteiger partial charge in [0.25, 0.3) is 0 Å². The predicted molar refractivity (Wildman–Crippen MR) is 179 cm³/mol. The lowest BCUT2D eigenvalue weighted by Gasteiger charge is -2.34. The molecule has 0 atom stereocenters. The normalized spacial score (nSPS) is 16.9. The van der Waals surface area contributed by atoms with Crippen LogP contribution >= 0.6 is 11.3 Å². The SMILES string of the molecule is C1=CC2(C3=c4sc(C5(c6ccccc6)c6ccccc6-c6ccccc65)cc4=CC3=C1)c1ccccc1-c1ccccc12. The number of rotatable bonds is 2. The molecule has 1 spiro atoms. The maximum atomic E-state index is 2.50. The van der Waals surface area contributed by atoms with Crippen LogP contribution in [0.15, 0.2) is 157 Å². The quantitative estimate of drug-likeness (QED) is 0.198. The number of hydrogen-bond acceptors (Lipinski definition) is 1. The molecule has 6 aromatic rings. The van der Waals surface area contributed by atoms with Gasteiger partial charge in [-0.2, -0.15) is 0 Å². The molecule has 1 heterocycles. The van der Waals surface area contributed by atoms with Crippen molar-refractivity contribution in [2.45, 2.75) is 10.8 Å². The highest BCUT2D eigenvalue weighted by Gasteiger charge is 2.49. The molecule has 0 nitrogen and oxygen atoms in total. The van der Waals surface area contributed by atoms with Crippen molar-refractivity contribution >= 4 is 23.0 Å². The van der Waals surface area contributed by atoms with E-state index in [9.17, 15) is 0 Å². The molecule has 4 aliphatic carbocycles. The van der Waals surface area contributed by atoms with Crippen molar-refractivity contribution in [1.82, 2.24) is 0 Å². The van der Waals surface area contributed by atoms with Crippen LogP contribution in [0.5, 0.6) is 0 Å². The summed E-state index contributed by atoms with van der Waals surface area (Å²) >= 11 is 1.99. The molecule has 5 aromatic carbocycles. The van der Waals surface area contributed by atoms with E-state index < -0.39 is 0 Å². The zero-order valence-corrected chi connectivity index (χ0v) is 24.2. The molecule has 0 amide bonds. The van der Waals surface area contributed by atoms with E-state index in [2.05, 4.69) is 158 Å². The number of thiophene rings is 1. The van der Waals surface area contributed by atoms with Gasteiger partial charge in [-0.25, -0.2) is 0 Å². The van der Waals surface area contributed by atoms with Gasteiger partial charge in [0.15, 0.2) is 0 Å². The first-order valence-electron chi connectivity index (χ1n) is 15.0. The highest BCUT2D eigenvalue weighted by atomic mass is 32.1. The molecule has 4 aliphatic rings. The van der Waals surface area contributed by atoms with Crippen molar-refractivity contribution in [2.24, 2.45) is 0 Å². The van der Waals surface area contributed by atoms with Crippen molar-refractivity contribution in [2.75, 3.05) is 0 Å². The van der Waals surface area contributed by atoms with E-state index in [1.165, 1.54) is 75.8 Å². The minimum Gasteiger partial charge on any atom is -0.138 e. The Morgan fingerprint density at radius 2 is 1.02 bits per heavy atom. The van der Waals surface area contributed by atoms with E-state index in [4.69, 9.17) is 0 Å². The van der Waals surface area contributed by atoms with Gasteiger partial charge in [-0.05, 0) is 78.6 Å². The lowest BCUT2D eigenvalue weighted by Crippen LogP contribution is -2.31. The lowest BCUT2D eigenvalue weighted by atomic mass is 9.68. The molecule has 0 saturated carbocycles. The minimum absolute atomic E-state index is 0.299. The number of fused-ring (bicyclic) bond motifs is 11. The fraction of sp³-hybridized carbons (Fsp3) is 0.0476.